The number of nitrogens with one attached hydrogen (secondary N) is 3. The summed E-state index contributed by atoms with van der Waals surface area (Å²) in [6.45, 7) is 1.86. The van der Waals surface area contributed by atoms with E-state index in [4.69, 9.17) is 0 Å². The lowest BCUT2D eigenvalue weighted by Gasteiger charge is -2.05. The fraction of sp³-hybridized carbons (Fsp3) is 0.105. The Kier molecular flexibility index (Phi) is 3.78. The van der Waals surface area contributed by atoms with Crippen LogP contribution >= 0.6 is 0 Å². The van der Waals surface area contributed by atoms with Crippen molar-refractivity contribution >= 4 is 22.5 Å². The van der Waals surface area contributed by atoms with E-state index in [9.17, 15) is 4.79 Å². The molecule has 0 aliphatic heterocycles. The Bertz CT molecular complexity index is 1030. The van der Waals surface area contributed by atoms with E-state index in [-0.39, 0.29) is 5.91 Å². The topological polar surface area (TPSA) is 86.5 Å². The number of rotatable bonds is 4. The lowest BCUT2D eigenvalue weighted by molar-refractivity contribution is -0.115. The van der Waals surface area contributed by atoms with Gasteiger partial charge in [-0.05, 0) is 42.8 Å². The Morgan fingerprint density at radius 3 is 2.68 bits per heavy atom. The fourth-order valence-corrected chi connectivity index (χ4v) is 2.83. The highest BCUT2D eigenvalue weighted by molar-refractivity contribution is 5.95. The molecule has 0 atom stereocenters. The average molecular weight is 331 g/mol. The molecule has 124 valence electrons. The summed E-state index contributed by atoms with van der Waals surface area (Å²) >= 11 is 0. The molecule has 2 heterocycles. The van der Waals surface area contributed by atoms with Gasteiger partial charge in [0.05, 0.1) is 6.42 Å². The summed E-state index contributed by atoms with van der Waals surface area (Å²) in [4.78, 5) is 19.8. The summed E-state index contributed by atoms with van der Waals surface area (Å²) in [5.41, 5.74) is 3.68. The third-order valence-electron chi connectivity index (χ3n) is 4.05. The summed E-state index contributed by atoms with van der Waals surface area (Å²) < 4.78 is 0. The van der Waals surface area contributed by atoms with Gasteiger partial charge in [-0.25, -0.2) is 4.98 Å². The minimum atomic E-state index is -0.0498. The van der Waals surface area contributed by atoms with Crippen molar-refractivity contribution in [2.24, 2.45) is 0 Å². The molecule has 1 amide bonds. The molecule has 0 unspecified atom stereocenters. The van der Waals surface area contributed by atoms with Crippen molar-refractivity contribution in [3.05, 3.63) is 66.1 Å². The number of carbonyl (C=O) groups excluding carboxylic acids is 1. The molecular formula is C19H17N5O. The molecule has 2 aromatic heterocycles. The number of carbonyl (C=O) groups is 1. The third kappa shape index (κ3) is 3.14. The van der Waals surface area contributed by atoms with E-state index in [0.717, 1.165) is 33.5 Å². The minimum Gasteiger partial charge on any atom is -0.361 e. The first-order valence-corrected chi connectivity index (χ1v) is 8.03. The molecule has 25 heavy (non-hydrogen) atoms. The molecular weight excluding hydrogens is 314 g/mol. The van der Waals surface area contributed by atoms with Gasteiger partial charge in [0.2, 0.25) is 5.91 Å². The lowest BCUT2D eigenvalue weighted by Crippen LogP contribution is -2.14. The largest absolute Gasteiger partial charge is 0.361 e. The van der Waals surface area contributed by atoms with Crippen LogP contribution < -0.4 is 5.32 Å². The van der Waals surface area contributed by atoms with Crippen LogP contribution in [-0.2, 0) is 11.2 Å². The minimum absolute atomic E-state index is 0.0498. The molecule has 3 N–H and O–H groups in total. The second kappa shape index (κ2) is 6.24. The van der Waals surface area contributed by atoms with E-state index in [1.807, 2.05) is 61.7 Å². The number of benzene rings is 2. The third-order valence-corrected chi connectivity index (χ3v) is 4.05. The van der Waals surface area contributed by atoms with E-state index >= 15 is 0 Å². The molecule has 0 saturated carbocycles. The van der Waals surface area contributed by atoms with Crippen LogP contribution in [0.1, 0.15) is 11.4 Å². The smallest absolute Gasteiger partial charge is 0.228 e. The number of nitrogens with zero attached hydrogens (tertiary/aromatic N) is 2. The number of amides is 1. The van der Waals surface area contributed by atoms with Crippen LogP contribution in [0.25, 0.3) is 22.3 Å². The molecule has 0 aliphatic carbocycles. The Morgan fingerprint density at radius 1 is 1.12 bits per heavy atom. The predicted octanol–water partition coefficient (Wildman–Crippen LogP) is 3.44. The zero-order chi connectivity index (χ0) is 17.2. The number of anilines is 1. The van der Waals surface area contributed by atoms with Gasteiger partial charge in [0.25, 0.3) is 0 Å². The first-order valence-electron chi connectivity index (χ1n) is 8.03. The van der Waals surface area contributed by atoms with E-state index in [1.54, 1.807) is 0 Å². The van der Waals surface area contributed by atoms with Crippen LogP contribution in [0.4, 0.5) is 5.69 Å². The average Bonchev–Trinajstić information content (AvgIpc) is 3.22. The molecule has 6 nitrogen and oxygen atoms in total. The first kappa shape index (κ1) is 15.1. The zero-order valence-electron chi connectivity index (χ0n) is 13.7. The maximum Gasteiger partial charge on any atom is 0.228 e. The van der Waals surface area contributed by atoms with Crippen molar-refractivity contribution in [2.45, 2.75) is 13.3 Å². The number of aryl methyl sites for hydroxylation is 1. The molecule has 0 spiro atoms. The zero-order valence-corrected chi connectivity index (χ0v) is 13.7. The Hall–Kier alpha value is -3.41. The summed E-state index contributed by atoms with van der Waals surface area (Å²) in [5, 5.41) is 11.0. The second-order valence-corrected chi connectivity index (χ2v) is 5.91. The van der Waals surface area contributed by atoms with Gasteiger partial charge in [-0.15, -0.1) is 0 Å². The van der Waals surface area contributed by atoms with E-state index in [2.05, 4.69) is 25.5 Å². The van der Waals surface area contributed by atoms with Crippen LogP contribution in [0.15, 0.2) is 54.7 Å². The van der Waals surface area contributed by atoms with Crippen LogP contribution in [-0.4, -0.2) is 26.1 Å². The number of fused-ring (bicyclic) bond motifs is 1. The van der Waals surface area contributed by atoms with E-state index in [0.29, 0.717) is 12.2 Å². The van der Waals surface area contributed by atoms with Crippen molar-refractivity contribution in [1.29, 1.82) is 0 Å². The summed E-state index contributed by atoms with van der Waals surface area (Å²) in [7, 11) is 0. The molecule has 0 saturated heterocycles. The Labute approximate surface area is 144 Å². The van der Waals surface area contributed by atoms with Crippen molar-refractivity contribution in [3.63, 3.8) is 0 Å². The Morgan fingerprint density at radius 2 is 1.92 bits per heavy atom. The van der Waals surface area contributed by atoms with E-state index < -0.39 is 0 Å². The normalized spacial score (nSPS) is 10.9. The molecule has 0 aliphatic rings. The number of para-hydroxylation sites is 1. The van der Waals surface area contributed by atoms with Crippen LogP contribution in [0.2, 0.25) is 0 Å². The van der Waals surface area contributed by atoms with Crippen LogP contribution in [0.5, 0.6) is 0 Å². The van der Waals surface area contributed by atoms with Gasteiger partial charge in [-0.1, -0.05) is 18.2 Å². The SMILES string of the molecule is Cc1nc(-c2ccc(NC(=O)Cc3c[nH]c4ccccc34)cc2)n[nH]1. The van der Waals surface area contributed by atoms with Crippen molar-refractivity contribution < 1.29 is 4.79 Å². The maximum absolute atomic E-state index is 12.3. The molecule has 0 radical (unpaired) electrons. The number of aromatic nitrogens is 4. The van der Waals surface area contributed by atoms with E-state index in [1.165, 1.54) is 0 Å². The van der Waals surface area contributed by atoms with Gasteiger partial charge in [0, 0.05) is 28.4 Å². The molecule has 4 aromatic rings. The second-order valence-electron chi connectivity index (χ2n) is 5.91. The molecule has 6 heteroatoms. The summed E-state index contributed by atoms with van der Waals surface area (Å²) in [5.74, 6) is 1.37. The van der Waals surface area contributed by atoms with Crippen molar-refractivity contribution in [2.75, 3.05) is 5.32 Å². The molecule has 0 fully saturated rings. The quantitative estimate of drug-likeness (QED) is 0.535. The van der Waals surface area contributed by atoms with Gasteiger partial charge in [0.15, 0.2) is 5.82 Å². The predicted molar refractivity (Wildman–Crippen MR) is 97.2 cm³/mol. The highest BCUT2D eigenvalue weighted by atomic mass is 16.1. The lowest BCUT2D eigenvalue weighted by atomic mass is 10.1. The molecule has 0 bridgehead atoms. The summed E-state index contributed by atoms with van der Waals surface area (Å²) in [6.07, 6.45) is 2.21. The molecule has 2 aromatic carbocycles. The van der Waals surface area contributed by atoms with Gasteiger partial charge < -0.3 is 10.3 Å². The van der Waals surface area contributed by atoms with Gasteiger partial charge in [-0.2, -0.15) is 5.10 Å². The fourth-order valence-electron chi connectivity index (χ4n) is 2.83. The van der Waals surface area contributed by atoms with Gasteiger partial charge >= 0.3 is 0 Å². The Balaban J connectivity index is 1.45. The summed E-state index contributed by atoms with van der Waals surface area (Å²) in [6, 6.07) is 15.5. The highest BCUT2D eigenvalue weighted by Crippen LogP contribution is 2.20. The highest BCUT2D eigenvalue weighted by Gasteiger charge is 2.09. The van der Waals surface area contributed by atoms with Gasteiger partial charge in [-0.3, -0.25) is 9.89 Å². The van der Waals surface area contributed by atoms with Crippen LogP contribution in [0.3, 0.4) is 0 Å². The van der Waals surface area contributed by atoms with Crippen molar-refractivity contribution in [1.82, 2.24) is 20.2 Å². The molecule has 4 rings (SSSR count). The number of H-pyrrole nitrogens is 2. The maximum atomic E-state index is 12.3. The van der Waals surface area contributed by atoms with Gasteiger partial charge in [0.1, 0.15) is 5.82 Å². The standard InChI is InChI=1S/C19H17N5O/c1-12-21-19(24-23-12)13-6-8-15(9-7-13)22-18(25)10-14-11-20-17-5-3-2-4-16(14)17/h2-9,11,20H,10H2,1H3,(H,22,25)(H,21,23,24). The first-order chi connectivity index (χ1) is 12.2. The number of hydrogen-bond donors (Lipinski definition) is 3. The number of hydrogen-bond acceptors (Lipinski definition) is 3. The monoisotopic (exact) mass is 331 g/mol. The van der Waals surface area contributed by atoms with Crippen molar-refractivity contribution in [3.8, 4) is 11.4 Å². The van der Waals surface area contributed by atoms with Crippen LogP contribution in [0, 0.1) is 6.92 Å². The number of aromatic amines is 2.